The van der Waals surface area contributed by atoms with Crippen LogP contribution in [0.4, 0.5) is 20.3 Å². The van der Waals surface area contributed by atoms with E-state index in [0.717, 1.165) is 52.2 Å². The zero-order valence-corrected chi connectivity index (χ0v) is 24.8. The van der Waals surface area contributed by atoms with Crippen LogP contribution in [0.1, 0.15) is 64.0 Å². The van der Waals surface area contributed by atoms with Gasteiger partial charge in [-0.05, 0) is 80.5 Å². The molecule has 1 N–H and O–H groups in total. The molecule has 0 radical (unpaired) electrons. The van der Waals surface area contributed by atoms with Crippen molar-refractivity contribution >= 4 is 23.2 Å². The average Bonchev–Trinajstić information content (AvgIpc) is 3.81. The van der Waals surface area contributed by atoms with E-state index in [4.69, 9.17) is 4.74 Å². The number of likely N-dealkylation sites (tertiary alicyclic amines) is 1. The number of halogens is 2. The van der Waals surface area contributed by atoms with Gasteiger partial charge in [0, 0.05) is 48.8 Å². The van der Waals surface area contributed by atoms with Crippen molar-refractivity contribution in [1.82, 2.24) is 19.8 Å². The van der Waals surface area contributed by atoms with Gasteiger partial charge in [0.05, 0.1) is 24.9 Å². The number of ketones is 1. The zero-order chi connectivity index (χ0) is 30.3. The lowest BCUT2D eigenvalue weighted by Crippen LogP contribution is -2.51. The molecule has 226 valence electrons. The maximum absolute atomic E-state index is 14.1. The van der Waals surface area contributed by atoms with Crippen LogP contribution in [0.3, 0.4) is 0 Å². The molecule has 2 aromatic carbocycles. The molecule has 2 fully saturated rings. The maximum atomic E-state index is 14.1. The van der Waals surface area contributed by atoms with E-state index in [9.17, 15) is 18.4 Å². The molecule has 1 amide bonds. The van der Waals surface area contributed by atoms with Gasteiger partial charge in [0.25, 0.3) is 12.3 Å². The van der Waals surface area contributed by atoms with E-state index in [-0.39, 0.29) is 24.2 Å². The Labute approximate surface area is 250 Å². The van der Waals surface area contributed by atoms with Gasteiger partial charge in [-0.2, -0.15) is 0 Å². The smallest absolute Gasteiger partial charge is 0.255 e. The number of anilines is 2. The summed E-state index contributed by atoms with van der Waals surface area (Å²) in [6.07, 6.45) is 2.39. The number of carbonyl (C=O) groups excluding carboxylic acids is 2. The number of fused-ring (bicyclic) bond motifs is 2. The summed E-state index contributed by atoms with van der Waals surface area (Å²) in [6, 6.07) is 11.6. The number of nitrogens with zero attached hydrogens (tertiary/aromatic N) is 4. The van der Waals surface area contributed by atoms with Crippen molar-refractivity contribution in [1.29, 1.82) is 0 Å². The van der Waals surface area contributed by atoms with E-state index in [0.29, 0.717) is 50.3 Å². The third-order valence-corrected chi connectivity index (χ3v) is 9.22. The lowest BCUT2D eigenvalue weighted by atomic mass is 9.79. The highest BCUT2D eigenvalue weighted by Gasteiger charge is 2.51. The van der Waals surface area contributed by atoms with Crippen LogP contribution < -0.4 is 10.1 Å². The number of Topliss-reactive ketones (excluding diaryl/α,β-unsaturated/α-hetero) is 1. The number of nitrogens with one attached hydrogen (secondary N) is 1. The van der Waals surface area contributed by atoms with Gasteiger partial charge >= 0.3 is 0 Å². The average molecular weight is 590 g/mol. The first-order chi connectivity index (χ1) is 20.7. The van der Waals surface area contributed by atoms with Crippen molar-refractivity contribution < 1.29 is 23.1 Å². The third-order valence-electron chi connectivity index (χ3n) is 9.22. The largest absolute Gasteiger partial charge is 0.497 e. The number of rotatable bonds is 10. The molecule has 0 unspecified atom stereocenters. The molecule has 0 bridgehead atoms. The summed E-state index contributed by atoms with van der Waals surface area (Å²) in [5.41, 5.74) is 5.10. The Balaban J connectivity index is 1.34. The van der Waals surface area contributed by atoms with E-state index in [1.165, 1.54) is 6.33 Å². The van der Waals surface area contributed by atoms with Crippen LogP contribution in [-0.4, -0.2) is 64.6 Å². The number of alkyl halides is 2. The van der Waals surface area contributed by atoms with Gasteiger partial charge in [0.1, 0.15) is 23.7 Å². The summed E-state index contributed by atoms with van der Waals surface area (Å²) in [4.78, 5) is 39.2. The minimum absolute atomic E-state index is 0.0451. The van der Waals surface area contributed by atoms with Gasteiger partial charge in [-0.3, -0.25) is 14.5 Å². The number of amides is 1. The van der Waals surface area contributed by atoms with Gasteiger partial charge < -0.3 is 15.0 Å². The quantitative estimate of drug-likeness (QED) is 0.330. The van der Waals surface area contributed by atoms with E-state index < -0.39 is 12.0 Å². The molecule has 3 aromatic rings. The second-order valence-electron chi connectivity index (χ2n) is 12.0. The van der Waals surface area contributed by atoms with Crippen LogP contribution in [0.2, 0.25) is 0 Å². The minimum atomic E-state index is -2.40. The summed E-state index contributed by atoms with van der Waals surface area (Å²) >= 11 is 0. The summed E-state index contributed by atoms with van der Waals surface area (Å²) < 4.78 is 31.8. The fraction of sp³-hybridized carbons (Fsp3) is 0.455. The SMILES string of the molecule is COc1ccc(CN2C(=O)c3c(C)cc(Nc4ncnc(CC(=O)C5CC5)c4C)cc3C23CCN(CC(F)F)CC3)cc1. The zero-order valence-electron chi connectivity index (χ0n) is 24.8. The van der Waals surface area contributed by atoms with Crippen molar-refractivity contribution in [2.24, 2.45) is 5.92 Å². The van der Waals surface area contributed by atoms with E-state index >= 15 is 0 Å². The monoisotopic (exact) mass is 589 g/mol. The topological polar surface area (TPSA) is 87.7 Å². The van der Waals surface area contributed by atoms with Gasteiger partial charge in [0.15, 0.2) is 0 Å². The Morgan fingerprint density at radius 1 is 1.12 bits per heavy atom. The minimum Gasteiger partial charge on any atom is -0.497 e. The number of hydrogen-bond acceptors (Lipinski definition) is 7. The first-order valence-corrected chi connectivity index (χ1v) is 14.9. The molecule has 8 nitrogen and oxygen atoms in total. The normalized spacial score (nSPS) is 17.9. The van der Waals surface area contributed by atoms with Crippen LogP contribution >= 0.6 is 0 Å². The molecule has 10 heteroatoms. The molecule has 1 saturated carbocycles. The highest BCUT2D eigenvalue weighted by molar-refractivity contribution is 6.02. The molecule has 0 atom stereocenters. The van der Waals surface area contributed by atoms with E-state index in [2.05, 4.69) is 15.3 Å². The first-order valence-electron chi connectivity index (χ1n) is 14.9. The second kappa shape index (κ2) is 11.6. The van der Waals surface area contributed by atoms with Crippen molar-refractivity contribution in [2.45, 2.75) is 64.5 Å². The number of carbonyl (C=O) groups is 2. The van der Waals surface area contributed by atoms with E-state index in [1.807, 2.05) is 55.1 Å². The second-order valence-corrected chi connectivity index (χ2v) is 12.0. The van der Waals surface area contributed by atoms with E-state index in [1.54, 1.807) is 12.0 Å². The summed E-state index contributed by atoms with van der Waals surface area (Å²) in [5, 5.41) is 3.43. The molecule has 1 saturated heterocycles. The predicted octanol–water partition coefficient (Wildman–Crippen LogP) is 5.58. The Hall–Kier alpha value is -3.92. The number of aryl methyl sites for hydroxylation is 1. The molecule has 1 aliphatic carbocycles. The molecular weight excluding hydrogens is 552 g/mol. The van der Waals surface area contributed by atoms with Crippen LogP contribution in [-0.2, 0) is 23.3 Å². The lowest BCUT2D eigenvalue weighted by Gasteiger charge is -2.45. The number of piperidine rings is 1. The van der Waals surface area contributed by atoms with Crippen molar-refractivity contribution in [2.75, 3.05) is 32.1 Å². The Bertz CT molecular complexity index is 1530. The number of ether oxygens (including phenoxy) is 1. The molecule has 1 aromatic heterocycles. The maximum Gasteiger partial charge on any atom is 0.255 e. The molecule has 43 heavy (non-hydrogen) atoms. The molecule has 3 heterocycles. The standard InChI is InChI=1S/C33H37F2N5O3/c1-20-14-24(38-31-21(2)27(36-19-37-31)16-28(41)23-6-7-23)15-26-30(20)32(42)40(17-22-4-8-25(43-3)9-5-22)33(26)10-12-39(13-11-33)18-29(34)35/h4-5,8-9,14-15,19,23,29H,6-7,10-13,16-18H2,1-3H3,(H,36,37,38). The number of hydrogen-bond donors (Lipinski definition) is 1. The van der Waals surface area contributed by atoms with Gasteiger partial charge in [0.2, 0.25) is 0 Å². The molecule has 1 spiro atoms. The number of aromatic nitrogens is 2. The van der Waals surface area contributed by atoms with Crippen LogP contribution in [0.15, 0.2) is 42.7 Å². The Kier molecular flexibility index (Phi) is 7.89. The molecule has 2 aliphatic heterocycles. The molecule has 3 aliphatic rings. The third kappa shape index (κ3) is 5.72. The van der Waals surface area contributed by atoms with Crippen LogP contribution in [0, 0.1) is 19.8 Å². The van der Waals surface area contributed by atoms with Crippen LogP contribution in [0.5, 0.6) is 5.75 Å². The number of benzene rings is 2. The fourth-order valence-corrected chi connectivity index (χ4v) is 6.60. The Morgan fingerprint density at radius 3 is 2.49 bits per heavy atom. The lowest BCUT2D eigenvalue weighted by molar-refractivity contribution is -0.119. The van der Waals surface area contributed by atoms with Crippen LogP contribution in [0.25, 0.3) is 0 Å². The Morgan fingerprint density at radius 2 is 1.84 bits per heavy atom. The fourth-order valence-electron chi connectivity index (χ4n) is 6.60. The van der Waals surface area contributed by atoms with Crippen molar-refractivity contribution in [3.63, 3.8) is 0 Å². The first kappa shape index (κ1) is 29.2. The van der Waals surface area contributed by atoms with Gasteiger partial charge in [-0.15, -0.1) is 0 Å². The molecular formula is C33H37F2N5O3. The summed E-state index contributed by atoms with van der Waals surface area (Å²) in [7, 11) is 1.61. The summed E-state index contributed by atoms with van der Waals surface area (Å²) in [5.74, 6) is 1.69. The van der Waals surface area contributed by atoms with Gasteiger partial charge in [-0.25, -0.2) is 18.7 Å². The number of methoxy groups -OCH3 is 1. The molecule has 6 rings (SSSR count). The van der Waals surface area contributed by atoms with Crippen molar-refractivity contribution in [3.8, 4) is 5.75 Å². The van der Waals surface area contributed by atoms with Gasteiger partial charge in [-0.1, -0.05) is 12.1 Å². The summed E-state index contributed by atoms with van der Waals surface area (Å²) in [6.45, 7) is 4.92. The van der Waals surface area contributed by atoms with Crippen molar-refractivity contribution in [3.05, 3.63) is 76.2 Å². The predicted molar refractivity (Wildman–Crippen MR) is 159 cm³/mol. The highest BCUT2D eigenvalue weighted by atomic mass is 19.3. The highest BCUT2D eigenvalue weighted by Crippen LogP contribution is 2.49.